The third-order valence-electron chi connectivity index (χ3n) is 3.04. The molecule has 0 unspecified atom stereocenters. The van der Waals surface area contributed by atoms with Crippen LogP contribution >= 0.6 is 11.8 Å². The molecule has 1 aromatic heterocycles. The summed E-state index contributed by atoms with van der Waals surface area (Å²) in [5, 5.41) is 2.69. The smallest absolute Gasteiger partial charge is 0.244 e. The van der Waals surface area contributed by atoms with E-state index in [-0.39, 0.29) is 16.3 Å². The van der Waals surface area contributed by atoms with Crippen molar-refractivity contribution in [3.8, 4) is 0 Å². The number of carbonyl (C=O) groups is 1. The lowest BCUT2D eigenvalue weighted by atomic mass is 10.3. The van der Waals surface area contributed by atoms with Crippen LogP contribution in [0.5, 0.6) is 0 Å². The number of rotatable bonds is 6. The Labute approximate surface area is 148 Å². The Morgan fingerprint density at radius 3 is 2.56 bits per heavy atom. The summed E-state index contributed by atoms with van der Waals surface area (Å²) in [5.41, 5.74) is -0.244. The Bertz CT molecular complexity index is 872. The Morgan fingerprint density at radius 1 is 1.24 bits per heavy atom. The maximum Gasteiger partial charge on any atom is 0.244 e. The van der Waals surface area contributed by atoms with Crippen molar-refractivity contribution in [1.29, 1.82) is 0 Å². The quantitative estimate of drug-likeness (QED) is 0.770. The van der Waals surface area contributed by atoms with Gasteiger partial charge in [-0.3, -0.25) is 4.79 Å². The molecule has 0 radical (unpaired) electrons. The van der Waals surface area contributed by atoms with E-state index in [4.69, 9.17) is 0 Å². The van der Waals surface area contributed by atoms with Crippen LogP contribution in [0.15, 0.2) is 46.5 Å². The highest BCUT2D eigenvalue weighted by molar-refractivity contribution is 7.99. The molecule has 0 saturated carbocycles. The number of nitrogens with one attached hydrogen (secondary N) is 1. The van der Waals surface area contributed by atoms with Crippen LogP contribution in [0.25, 0.3) is 0 Å². The monoisotopic (exact) mass is 387 g/mol. The Hall–Kier alpha value is -2.04. The number of nitrogens with zero attached hydrogens (tertiary/aromatic N) is 2. The van der Waals surface area contributed by atoms with Gasteiger partial charge in [0.15, 0.2) is 0 Å². The van der Waals surface area contributed by atoms with Crippen LogP contribution < -0.4 is 5.32 Å². The van der Waals surface area contributed by atoms with E-state index >= 15 is 0 Å². The molecular weight excluding hydrogens is 372 g/mol. The van der Waals surface area contributed by atoms with Gasteiger partial charge >= 0.3 is 0 Å². The summed E-state index contributed by atoms with van der Waals surface area (Å²) >= 11 is 1.04. The molecule has 0 aliphatic heterocycles. The second-order valence-electron chi connectivity index (χ2n) is 5.08. The van der Waals surface area contributed by atoms with Crippen molar-refractivity contribution in [2.24, 2.45) is 0 Å². The van der Waals surface area contributed by atoms with Crippen LogP contribution in [0.1, 0.15) is 0 Å². The third kappa shape index (κ3) is 4.97. The number of halogens is 2. The lowest BCUT2D eigenvalue weighted by Crippen LogP contribution is -2.22. The summed E-state index contributed by atoms with van der Waals surface area (Å²) in [7, 11) is -0.748. The molecule has 0 atom stereocenters. The lowest BCUT2D eigenvalue weighted by molar-refractivity contribution is -0.113. The molecule has 0 spiro atoms. The van der Waals surface area contributed by atoms with E-state index in [1.54, 1.807) is 0 Å². The molecule has 1 heterocycles. The SMILES string of the molecule is CN(C)S(=O)(=O)c1ccc(SCC(=O)Nc2cc(F)ccc2F)nc1. The summed E-state index contributed by atoms with van der Waals surface area (Å²) in [4.78, 5) is 15.8. The minimum absolute atomic E-state index is 0.0353. The summed E-state index contributed by atoms with van der Waals surface area (Å²) in [6.45, 7) is 0. The summed E-state index contributed by atoms with van der Waals surface area (Å²) < 4.78 is 51.4. The average Bonchev–Trinajstić information content (AvgIpc) is 2.56. The molecule has 0 saturated heterocycles. The number of hydrogen-bond donors (Lipinski definition) is 1. The van der Waals surface area contributed by atoms with Gasteiger partial charge in [0, 0.05) is 26.4 Å². The molecule has 10 heteroatoms. The predicted octanol–water partition coefficient (Wildman–Crippen LogP) is 2.34. The van der Waals surface area contributed by atoms with Crippen molar-refractivity contribution in [2.45, 2.75) is 9.92 Å². The van der Waals surface area contributed by atoms with Crippen LogP contribution in [-0.4, -0.2) is 43.5 Å². The van der Waals surface area contributed by atoms with Crippen LogP contribution in [0.3, 0.4) is 0 Å². The van der Waals surface area contributed by atoms with Crippen LogP contribution in [-0.2, 0) is 14.8 Å². The first-order valence-corrected chi connectivity index (χ1v) is 9.39. The van der Waals surface area contributed by atoms with Crippen molar-refractivity contribution in [1.82, 2.24) is 9.29 Å². The summed E-state index contributed by atoms with van der Waals surface area (Å²) in [6, 6.07) is 5.61. The van der Waals surface area contributed by atoms with Gasteiger partial charge in [0.2, 0.25) is 15.9 Å². The Balaban J connectivity index is 1.97. The van der Waals surface area contributed by atoms with Gasteiger partial charge in [-0.05, 0) is 24.3 Å². The van der Waals surface area contributed by atoms with Gasteiger partial charge in [-0.2, -0.15) is 0 Å². The second-order valence-corrected chi connectivity index (χ2v) is 8.23. The fourth-order valence-corrected chi connectivity index (χ4v) is 3.22. The van der Waals surface area contributed by atoms with Gasteiger partial charge < -0.3 is 5.32 Å². The number of pyridine rings is 1. The van der Waals surface area contributed by atoms with Crippen LogP contribution in [0.2, 0.25) is 0 Å². The van der Waals surface area contributed by atoms with E-state index < -0.39 is 27.6 Å². The summed E-state index contributed by atoms with van der Waals surface area (Å²) in [6.07, 6.45) is 1.20. The van der Waals surface area contributed by atoms with Gasteiger partial charge in [0.05, 0.1) is 16.5 Å². The second kappa shape index (κ2) is 7.89. The fraction of sp³-hybridized carbons (Fsp3) is 0.200. The van der Waals surface area contributed by atoms with E-state index in [1.807, 2.05) is 0 Å². The topological polar surface area (TPSA) is 79.4 Å². The molecule has 6 nitrogen and oxygen atoms in total. The molecule has 1 aromatic carbocycles. The molecule has 1 amide bonds. The van der Waals surface area contributed by atoms with Crippen molar-refractivity contribution in [3.63, 3.8) is 0 Å². The molecule has 0 bridgehead atoms. The van der Waals surface area contributed by atoms with Gasteiger partial charge in [-0.25, -0.2) is 26.5 Å². The van der Waals surface area contributed by atoms with Crippen molar-refractivity contribution in [2.75, 3.05) is 25.2 Å². The fourth-order valence-electron chi connectivity index (χ4n) is 1.73. The molecule has 1 N–H and O–H groups in total. The lowest BCUT2D eigenvalue weighted by Gasteiger charge is -2.11. The minimum Gasteiger partial charge on any atom is -0.323 e. The number of hydrogen-bond acceptors (Lipinski definition) is 5. The van der Waals surface area contributed by atoms with E-state index in [0.29, 0.717) is 5.03 Å². The molecule has 0 fully saturated rings. The van der Waals surface area contributed by atoms with Gasteiger partial charge in [0.1, 0.15) is 16.5 Å². The zero-order chi connectivity index (χ0) is 18.6. The van der Waals surface area contributed by atoms with Gasteiger partial charge in [-0.1, -0.05) is 11.8 Å². The third-order valence-corrected chi connectivity index (χ3v) is 5.78. The number of benzene rings is 1. The molecular formula is C15H15F2N3O3S2. The zero-order valence-electron chi connectivity index (χ0n) is 13.4. The molecule has 2 rings (SSSR count). The highest BCUT2D eigenvalue weighted by Gasteiger charge is 2.17. The number of carbonyl (C=O) groups excluding carboxylic acids is 1. The largest absolute Gasteiger partial charge is 0.323 e. The van der Waals surface area contributed by atoms with Crippen molar-refractivity contribution >= 4 is 33.4 Å². The number of thioether (sulfide) groups is 1. The van der Waals surface area contributed by atoms with Crippen LogP contribution in [0.4, 0.5) is 14.5 Å². The highest BCUT2D eigenvalue weighted by Crippen LogP contribution is 2.20. The van der Waals surface area contributed by atoms with Crippen molar-refractivity contribution in [3.05, 3.63) is 48.2 Å². The van der Waals surface area contributed by atoms with E-state index in [2.05, 4.69) is 10.3 Å². The number of aromatic nitrogens is 1. The highest BCUT2D eigenvalue weighted by atomic mass is 32.2. The Kier molecular flexibility index (Phi) is 6.09. The number of amides is 1. The first kappa shape index (κ1) is 19.3. The van der Waals surface area contributed by atoms with E-state index in [0.717, 1.165) is 34.3 Å². The minimum atomic E-state index is -3.57. The van der Waals surface area contributed by atoms with Gasteiger partial charge in [-0.15, -0.1) is 0 Å². The zero-order valence-corrected chi connectivity index (χ0v) is 15.0. The van der Waals surface area contributed by atoms with Crippen LogP contribution in [0, 0.1) is 11.6 Å². The van der Waals surface area contributed by atoms with E-state index in [9.17, 15) is 22.0 Å². The molecule has 0 aliphatic rings. The van der Waals surface area contributed by atoms with E-state index in [1.165, 1.54) is 32.4 Å². The predicted molar refractivity (Wildman–Crippen MR) is 90.8 cm³/mol. The molecule has 25 heavy (non-hydrogen) atoms. The van der Waals surface area contributed by atoms with Gasteiger partial charge in [0.25, 0.3) is 0 Å². The standard InChI is InChI=1S/C15H15F2N3O3S2/c1-20(2)25(22,23)11-4-6-15(18-8-11)24-9-14(21)19-13-7-10(16)3-5-12(13)17/h3-8H,9H2,1-2H3,(H,19,21). The molecule has 0 aliphatic carbocycles. The number of sulfonamides is 1. The first-order valence-electron chi connectivity index (χ1n) is 6.96. The summed E-state index contributed by atoms with van der Waals surface area (Å²) in [5.74, 6) is -2.04. The normalized spacial score (nSPS) is 11.6. The number of anilines is 1. The maximum absolute atomic E-state index is 13.5. The Morgan fingerprint density at radius 2 is 1.96 bits per heavy atom. The van der Waals surface area contributed by atoms with Crippen molar-refractivity contribution < 1.29 is 22.0 Å². The maximum atomic E-state index is 13.5. The first-order chi connectivity index (χ1) is 11.7. The average molecular weight is 387 g/mol. The molecule has 134 valence electrons. The molecule has 2 aromatic rings.